The molecule has 1 heterocycles. The standard InChI is InChI=1S/C33H28BrClN4O6/c1-20(37(16-15-21-9-5-4-6-10-21)32(40)22-13-14-25(35)27(17-22)39(42)43)31-36-26-12-8-7-11-24(26)33(41)38(31)28-18-23(44-2)19-29(45-3)30(28)34/h4-14,17-20H,15-16H2,1-3H3. The first-order chi connectivity index (χ1) is 21.6. The Morgan fingerprint density at radius 1 is 1.04 bits per heavy atom. The van der Waals surface area contributed by atoms with Crippen LogP contribution in [0.4, 0.5) is 5.69 Å². The van der Waals surface area contributed by atoms with E-state index in [4.69, 9.17) is 26.1 Å². The first-order valence-corrected chi connectivity index (χ1v) is 15.0. The molecule has 0 spiro atoms. The average Bonchev–Trinajstić information content (AvgIpc) is 3.05. The summed E-state index contributed by atoms with van der Waals surface area (Å²) in [5.41, 5.74) is 1.15. The van der Waals surface area contributed by atoms with Crippen LogP contribution in [0.2, 0.25) is 5.02 Å². The smallest absolute Gasteiger partial charge is 0.288 e. The number of nitrogens with zero attached hydrogens (tertiary/aromatic N) is 4. The molecule has 0 saturated heterocycles. The molecule has 45 heavy (non-hydrogen) atoms. The number of benzene rings is 4. The SMILES string of the molecule is COc1cc(OC)c(Br)c(-n2c(C(C)N(CCc3ccccc3)C(=O)c3ccc(Cl)c([N+](=O)[O-])c3)nc3ccccc3c2=O)c1. The number of rotatable bonds is 10. The molecule has 0 aliphatic rings. The fraction of sp³-hybridized carbons (Fsp3) is 0.182. The van der Waals surface area contributed by atoms with E-state index < -0.39 is 16.9 Å². The predicted octanol–water partition coefficient (Wildman–Crippen LogP) is 7.17. The molecule has 10 nitrogen and oxygen atoms in total. The molecule has 1 atom stereocenters. The summed E-state index contributed by atoms with van der Waals surface area (Å²) < 4.78 is 13.0. The third kappa shape index (κ3) is 6.40. The Labute approximate surface area is 272 Å². The van der Waals surface area contributed by atoms with Gasteiger partial charge in [-0.3, -0.25) is 24.3 Å². The Hall–Kier alpha value is -4.74. The number of carbonyl (C=O) groups excluding carboxylic acids is 1. The summed E-state index contributed by atoms with van der Waals surface area (Å²) >= 11 is 9.65. The van der Waals surface area contributed by atoms with E-state index in [1.54, 1.807) is 48.2 Å². The van der Waals surface area contributed by atoms with Crippen LogP contribution in [0, 0.1) is 10.1 Å². The molecular weight excluding hydrogens is 664 g/mol. The number of methoxy groups -OCH3 is 2. The first kappa shape index (κ1) is 31.7. The fourth-order valence-corrected chi connectivity index (χ4v) is 5.86. The molecule has 0 aliphatic heterocycles. The molecule has 0 aliphatic carbocycles. The van der Waals surface area contributed by atoms with Crippen molar-refractivity contribution in [3.8, 4) is 17.2 Å². The second-order valence-corrected chi connectivity index (χ2v) is 11.3. The van der Waals surface area contributed by atoms with Gasteiger partial charge >= 0.3 is 0 Å². The summed E-state index contributed by atoms with van der Waals surface area (Å²) in [6.45, 7) is 1.98. The van der Waals surface area contributed by atoms with Crippen molar-refractivity contribution in [2.75, 3.05) is 20.8 Å². The van der Waals surface area contributed by atoms with Crippen LogP contribution >= 0.6 is 27.5 Å². The van der Waals surface area contributed by atoms with Gasteiger partial charge < -0.3 is 14.4 Å². The first-order valence-electron chi connectivity index (χ1n) is 13.9. The minimum absolute atomic E-state index is 0.0740. The molecule has 12 heteroatoms. The number of fused-ring (bicyclic) bond motifs is 1. The fourth-order valence-electron chi connectivity index (χ4n) is 5.11. The molecule has 1 aromatic heterocycles. The number of halogens is 2. The van der Waals surface area contributed by atoms with E-state index in [0.29, 0.717) is 39.0 Å². The molecular formula is C33H28BrClN4O6. The lowest BCUT2D eigenvalue weighted by Crippen LogP contribution is -2.38. The maximum absolute atomic E-state index is 14.2. The van der Waals surface area contributed by atoms with Crippen LogP contribution in [-0.4, -0.2) is 46.0 Å². The highest BCUT2D eigenvalue weighted by Crippen LogP contribution is 2.37. The van der Waals surface area contributed by atoms with Crippen molar-refractivity contribution >= 4 is 50.0 Å². The topological polar surface area (TPSA) is 117 Å². The molecule has 1 unspecified atom stereocenters. The summed E-state index contributed by atoms with van der Waals surface area (Å²) in [5.74, 6) is 0.636. The van der Waals surface area contributed by atoms with E-state index in [-0.39, 0.29) is 34.2 Å². The zero-order valence-electron chi connectivity index (χ0n) is 24.6. The van der Waals surface area contributed by atoms with Crippen LogP contribution in [0.1, 0.15) is 34.7 Å². The largest absolute Gasteiger partial charge is 0.497 e. The van der Waals surface area contributed by atoms with E-state index in [9.17, 15) is 19.7 Å². The van der Waals surface area contributed by atoms with E-state index in [1.807, 2.05) is 30.3 Å². The van der Waals surface area contributed by atoms with Crippen LogP contribution in [0.3, 0.4) is 0 Å². The molecule has 1 amide bonds. The second kappa shape index (κ2) is 13.5. The van der Waals surface area contributed by atoms with E-state index in [0.717, 1.165) is 11.6 Å². The van der Waals surface area contributed by atoms with Crippen LogP contribution < -0.4 is 15.0 Å². The number of ether oxygens (including phenoxy) is 2. The van der Waals surface area contributed by atoms with Gasteiger partial charge in [-0.05, 0) is 59.1 Å². The van der Waals surface area contributed by atoms with Gasteiger partial charge in [0.1, 0.15) is 22.3 Å². The van der Waals surface area contributed by atoms with Gasteiger partial charge in [0.25, 0.3) is 17.2 Å². The Kier molecular flexibility index (Phi) is 9.50. The number of hydrogen-bond acceptors (Lipinski definition) is 7. The number of hydrogen-bond donors (Lipinski definition) is 0. The third-order valence-corrected chi connectivity index (χ3v) is 8.58. The minimum Gasteiger partial charge on any atom is -0.497 e. The lowest BCUT2D eigenvalue weighted by Gasteiger charge is -2.31. The van der Waals surface area contributed by atoms with Crippen molar-refractivity contribution in [2.24, 2.45) is 0 Å². The van der Waals surface area contributed by atoms with Crippen LogP contribution in [0.25, 0.3) is 16.6 Å². The zero-order valence-corrected chi connectivity index (χ0v) is 26.9. The Balaban J connectivity index is 1.73. The van der Waals surface area contributed by atoms with Gasteiger partial charge in [-0.25, -0.2) is 4.98 Å². The predicted molar refractivity (Wildman–Crippen MR) is 176 cm³/mol. The lowest BCUT2D eigenvalue weighted by molar-refractivity contribution is -0.384. The van der Waals surface area contributed by atoms with E-state index in [1.165, 1.54) is 30.9 Å². The lowest BCUT2D eigenvalue weighted by atomic mass is 10.1. The Morgan fingerprint density at radius 2 is 1.76 bits per heavy atom. The summed E-state index contributed by atoms with van der Waals surface area (Å²) in [7, 11) is 3.01. The monoisotopic (exact) mass is 690 g/mol. The molecule has 5 aromatic rings. The van der Waals surface area contributed by atoms with Gasteiger partial charge in [0, 0.05) is 30.3 Å². The number of carbonyl (C=O) groups is 1. The highest BCUT2D eigenvalue weighted by atomic mass is 79.9. The molecule has 230 valence electrons. The molecule has 0 fully saturated rings. The summed E-state index contributed by atoms with van der Waals surface area (Å²) in [6.07, 6.45) is 0.473. The van der Waals surface area contributed by atoms with Crippen molar-refractivity contribution in [2.45, 2.75) is 19.4 Å². The van der Waals surface area contributed by atoms with Crippen LogP contribution in [0.5, 0.6) is 11.5 Å². The van der Waals surface area contributed by atoms with Gasteiger partial charge in [-0.2, -0.15) is 0 Å². The van der Waals surface area contributed by atoms with Gasteiger partial charge in [0.15, 0.2) is 0 Å². The van der Waals surface area contributed by atoms with E-state index in [2.05, 4.69) is 15.9 Å². The number of para-hydroxylation sites is 1. The number of aromatic nitrogens is 2. The van der Waals surface area contributed by atoms with Crippen LogP contribution in [-0.2, 0) is 6.42 Å². The maximum Gasteiger partial charge on any atom is 0.288 e. The molecule has 0 saturated carbocycles. The van der Waals surface area contributed by atoms with Gasteiger partial charge in [0.2, 0.25) is 0 Å². The van der Waals surface area contributed by atoms with Crippen molar-refractivity contribution in [3.05, 3.63) is 132 Å². The van der Waals surface area contributed by atoms with E-state index >= 15 is 0 Å². The highest BCUT2D eigenvalue weighted by Gasteiger charge is 2.30. The van der Waals surface area contributed by atoms with Gasteiger partial charge in [-0.15, -0.1) is 0 Å². The highest BCUT2D eigenvalue weighted by molar-refractivity contribution is 9.10. The third-order valence-electron chi connectivity index (χ3n) is 7.47. The maximum atomic E-state index is 14.2. The van der Waals surface area contributed by atoms with Crippen molar-refractivity contribution in [1.82, 2.24) is 14.5 Å². The van der Waals surface area contributed by atoms with Crippen molar-refractivity contribution in [1.29, 1.82) is 0 Å². The summed E-state index contributed by atoms with van der Waals surface area (Å²) in [4.78, 5) is 46.0. The van der Waals surface area contributed by atoms with Crippen molar-refractivity contribution < 1.29 is 19.2 Å². The summed E-state index contributed by atoms with van der Waals surface area (Å²) in [6, 6.07) is 23.1. The van der Waals surface area contributed by atoms with Crippen LogP contribution in [0.15, 0.2) is 94.2 Å². The van der Waals surface area contributed by atoms with Gasteiger partial charge in [-0.1, -0.05) is 54.1 Å². The molecule has 5 rings (SSSR count). The molecule has 4 aromatic carbocycles. The van der Waals surface area contributed by atoms with Gasteiger partial charge in [0.05, 0.1) is 46.2 Å². The molecule has 0 radical (unpaired) electrons. The van der Waals surface area contributed by atoms with Crippen molar-refractivity contribution in [3.63, 3.8) is 0 Å². The number of amides is 1. The molecule has 0 bridgehead atoms. The Morgan fingerprint density at radius 3 is 2.44 bits per heavy atom. The summed E-state index contributed by atoms with van der Waals surface area (Å²) in [5, 5.41) is 11.9. The number of nitro benzene ring substituents is 1. The molecule has 0 N–H and O–H groups in total. The quantitative estimate of drug-likeness (QED) is 0.113. The Bertz CT molecular complexity index is 1970. The minimum atomic E-state index is -0.794. The average molecular weight is 692 g/mol. The zero-order chi connectivity index (χ0) is 32.2. The number of nitro groups is 1. The normalized spacial score (nSPS) is 11.7. The second-order valence-electron chi connectivity index (χ2n) is 10.1.